The van der Waals surface area contributed by atoms with Crippen LogP contribution in [0.4, 0.5) is 0 Å². The number of aryl methyl sites for hydroxylation is 3. The SMILES string of the molecule is CCCCCCOc1ccc2cc(C)ccc2c1-c1c(OCCCCCC)ccc2cc(-c3ccc4c(c3)c3cc(C)ccc3n4CCCCC)ccc12. The predicted octanol–water partition coefficient (Wildman–Crippen LogP) is 15.2. The van der Waals surface area contributed by atoms with E-state index in [-0.39, 0.29) is 0 Å². The minimum atomic E-state index is 0.708. The molecule has 0 atom stereocenters. The second kappa shape index (κ2) is 17.6. The fourth-order valence-corrected chi connectivity index (χ4v) is 8.26. The van der Waals surface area contributed by atoms with Gasteiger partial charge in [-0.2, -0.15) is 0 Å². The lowest BCUT2D eigenvalue weighted by Gasteiger charge is -2.20. The maximum absolute atomic E-state index is 6.72. The van der Waals surface area contributed by atoms with Crippen LogP contribution in [-0.4, -0.2) is 17.8 Å². The van der Waals surface area contributed by atoms with Crippen molar-refractivity contribution in [2.24, 2.45) is 0 Å². The van der Waals surface area contributed by atoms with Gasteiger partial charge in [-0.25, -0.2) is 0 Å². The van der Waals surface area contributed by atoms with Gasteiger partial charge >= 0.3 is 0 Å². The smallest absolute Gasteiger partial charge is 0.127 e. The fourth-order valence-electron chi connectivity index (χ4n) is 8.26. The van der Waals surface area contributed by atoms with Crippen LogP contribution in [0.5, 0.6) is 11.5 Å². The van der Waals surface area contributed by atoms with Gasteiger partial charge in [-0.3, -0.25) is 0 Å². The molecule has 3 nitrogen and oxygen atoms in total. The minimum Gasteiger partial charge on any atom is -0.493 e. The number of hydrogen-bond acceptors (Lipinski definition) is 2. The summed E-state index contributed by atoms with van der Waals surface area (Å²) in [7, 11) is 0. The molecule has 0 radical (unpaired) electrons. The van der Waals surface area contributed by atoms with Gasteiger partial charge in [0.15, 0.2) is 0 Å². The number of nitrogens with zero attached hydrogens (tertiary/aromatic N) is 1. The van der Waals surface area contributed by atoms with Crippen molar-refractivity contribution in [2.45, 2.75) is 112 Å². The first-order chi connectivity index (χ1) is 26.5. The lowest BCUT2D eigenvalue weighted by molar-refractivity contribution is 0.302. The highest BCUT2D eigenvalue weighted by Gasteiger charge is 2.20. The Bertz CT molecular complexity index is 2360. The molecule has 0 saturated carbocycles. The van der Waals surface area contributed by atoms with E-state index in [2.05, 4.69) is 136 Å². The Morgan fingerprint density at radius 2 is 0.926 bits per heavy atom. The molecule has 0 aliphatic carbocycles. The number of benzene rings is 6. The summed E-state index contributed by atoms with van der Waals surface area (Å²) in [6.07, 6.45) is 13.1. The average Bonchev–Trinajstić information content (AvgIpc) is 3.49. The Hall–Kier alpha value is -4.76. The van der Waals surface area contributed by atoms with Crippen LogP contribution in [0.3, 0.4) is 0 Å². The molecule has 280 valence electrons. The first kappa shape index (κ1) is 37.6. The second-order valence-electron chi connectivity index (χ2n) is 15.5. The van der Waals surface area contributed by atoms with Gasteiger partial charge in [0.25, 0.3) is 0 Å². The van der Waals surface area contributed by atoms with Gasteiger partial charge in [0.1, 0.15) is 11.5 Å². The van der Waals surface area contributed by atoms with Crippen molar-refractivity contribution >= 4 is 43.4 Å². The first-order valence-electron chi connectivity index (χ1n) is 20.9. The summed E-state index contributed by atoms with van der Waals surface area (Å²) in [4.78, 5) is 0. The van der Waals surface area contributed by atoms with E-state index in [1.807, 2.05) is 0 Å². The molecular weight excluding hydrogens is 659 g/mol. The van der Waals surface area contributed by atoms with Crippen molar-refractivity contribution < 1.29 is 9.47 Å². The van der Waals surface area contributed by atoms with Gasteiger partial charge < -0.3 is 14.0 Å². The molecule has 0 amide bonds. The minimum absolute atomic E-state index is 0.708. The topological polar surface area (TPSA) is 23.4 Å². The van der Waals surface area contributed by atoms with Crippen molar-refractivity contribution in [3.8, 4) is 33.8 Å². The number of hydrogen-bond donors (Lipinski definition) is 0. The Kier molecular flexibility index (Phi) is 12.2. The van der Waals surface area contributed by atoms with Gasteiger partial charge in [-0.1, -0.05) is 138 Å². The van der Waals surface area contributed by atoms with Crippen LogP contribution < -0.4 is 9.47 Å². The molecule has 1 heterocycles. The normalized spacial score (nSPS) is 11.7. The molecule has 3 heteroatoms. The highest BCUT2D eigenvalue weighted by molar-refractivity contribution is 6.12. The van der Waals surface area contributed by atoms with E-state index >= 15 is 0 Å². The highest BCUT2D eigenvalue weighted by atomic mass is 16.5. The summed E-state index contributed by atoms with van der Waals surface area (Å²) < 4.78 is 16.0. The van der Waals surface area contributed by atoms with E-state index in [0.717, 1.165) is 42.0 Å². The van der Waals surface area contributed by atoms with E-state index in [1.165, 1.54) is 123 Å². The molecule has 1 aromatic heterocycles. The number of fused-ring (bicyclic) bond motifs is 5. The largest absolute Gasteiger partial charge is 0.493 e. The third-order valence-corrected chi connectivity index (χ3v) is 11.2. The van der Waals surface area contributed by atoms with E-state index in [9.17, 15) is 0 Å². The Morgan fingerprint density at radius 3 is 1.57 bits per heavy atom. The van der Waals surface area contributed by atoms with Crippen LogP contribution >= 0.6 is 0 Å². The predicted molar refractivity (Wildman–Crippen MR) is 234 cm³/mol. The third kappa shape index (κ3) is 8.02. The standard InChI is InChI=1S/C51H59NO2/c1-6-9-12-15-30-53-48-27-21-40-32-36(4)17-23-42(40)50(48)51-43-24-19-38(34-41(43)22-28-49(51)54-31-16-13-10-7-2)39-20-26-47-45(35-39)44-33-37(5)18-25-46(44)52(47)29-14-11-8-3/h17-28,32-35H,6-16,29-31H2,1-5H3. The van der Waals surface area contributed by atoms with Crippen LogP contribution in [-0.2, 0) is 6.54 Å². The molecule has 7 aromatic rings. The molecule has 0 bridgehead atoms. The molecule has 0 fully saturated rings. The van der Waals surface area contributed by atoms with Gasteiger partial charge in [-0.15, -0.1) is 0 Å². The lowest BCUT2D eigenvalue weighted by atomic mass is 9.90. The van der Waals surface area contributed by atoms with Crippen molar-refractivity contribution in [1.29, 1.82) is 0 Å². The zero-order chi connectivity index (χ0) is 37.4. The number of ether oxygens (including phenoxy) is 2. The maximum atomic E-state index is 6.72. The summed E-state index contributed by atoms with van der Waals surface area (Å²) >= 11 is 0. The Morgan fingerprint density at radius 1 is 0.426 bits per heavy atom. The maximum Gasteiger partial charge on any atom is 0.127 e. The average molecular weight is 718 g/mol. The molecule has 7 rings (SSSR count). The monoisotopic (exact) mass is 717 g/mol. The van der Waals surface area contributed by atoms with Crippen LogP contribution in [0, 0.1) is 13.8 Å². The quantitative estimate of drug-likeness (QED) is 0.0825. The van der Waals surface area contributed by atoms with Crippen LogP contribution in [0.25, 0.3) is 65.6 Å². The number of unbranched alkanes of at least 4 members (excludes halogenated alkanes) is 8. The van der Waals surface area contributed by atoms with E-state index < -0.39 is 0 Å². The first-order valence-corrected chi connectivity index (χ1v) is 20.9. The molecule has 6 aromatic carbocycles. The zero-order valence-electron chi connectivity index (χ0n) is 33.4. The molecule has 0 N–H and O–H groups in total. The second-order valence-corrected chi connectivity index (χ2v) is 15.5. The van der Waals surface area contributed by atoms with Crippen molar-refractivity contribution in [2.75, 3.05) is 13.2 Å². The van der Waals surface area contributed by atoms with Crippen LogP contribution in [0.1, 0.15) is 103 Å². The van der Waals surface area contributed by atoms with Crippen molar-refractivity contribution in [1.82, 2.24) is 4.57 Å². The molecule has 0 saturated heterocycles. The summed E-state index contributed by atoms with van der Waals surface area (Å²) in [5.74, 6) is 1.87. The van der Waals surface area contributed by atoms with Gasteiger partial charge in [0.2, 0.25) is 0 Å². The molecule has 0 unspecified atom stereocenters. The Labute approximate surface area is 323 Å². The van der Waals surface area contributed by atoms with Gasteiger partial charge in [0.05, 0.1) is 13.2 Å². The van der Waals surface area contributed by atoms with E-state index in [4.69, 9.17) is 9.47 Å². The van der Waals surface area contributed by atoms with Gasteiger partial charge in [0, 0.05) is 39.5 Å². The fraction of sp³-hybridized carbons (Fsp3) is 0.373. The molecule has 0 aliphatic rings. The Balaban J connectivity index is 1.35. The van der Waals surface area contributed by atoms with Crippen molar-refractivity contribution in [3.05, 3.63) is 108 Å². The third-order valence-electron chi connectivity index (χ3n) is 11.2. The number of rotatable bonds is 18. The van der Waals surface area contributed by atoms with Gasteiger partial charge in [-0.05, 0) is 108 Å². The summed E-state index contributed by atoms with van der Waals surface area (Å²) in [6, 6.07) is 36.7. The lowest BCUT2D eigenvalue weighted by Crippen LogP contribution is -2.03. The summed E-state index contributed by atoms with van der Waals surface area (Å²) in [5, 5.41) is 7.51. The van der Waals surface area contributed by atoms with E-state index in [1.54, 1.807) is 0 Å². The summed E-state index contributed by atoms with van der Waals surface area (Å²) in [5.41, 5.74) is 9.96. The molecular formula is C51H59NO2. The zero-order valence-corrected chi connectivity index (χ0v) is 33.4. The molecule has 54 heavy (non-hydrogen) atoms. The van der Waals surface area contributed by atoms with Crippen LogP contribution in [0.2, 0.25) is 0 Å². The molecule has 0 spiro atoms. The highest BCUT2D eigenvalue weighted by Crippen LogP contribution is 2.46. The molecule has 0 aliphatic heterocycles. The van der Waals surface area contributed by atoms with E-state index in [0.29, 0.717) is 13.2 Å². The summed E-state index contributed by atoms with van der Waals surface area (Å²) in [6.45, 7) is 13.6. The van der Waals surface area contributed by atoms with Crippen LogP contribution in [0.15, 0.2) is 97.1 Å². The van der Waals surface area contributed by atoms with Crippen molar-refractivity contribution in [3.63, 3.8) is 0 Å². The number of aromatic nitrogens is 1.